The maximum absolute atomic E-state index is 16.2. The van der Waals surface area contributed by atoms with Crippen molar-refractivity contribution >= 4 is 34.2 Å². The molecule has 0 atom stereocenters. The number of hydrogen-bond acceptors (Lipinski definition) is 5. The van der Waals surface area contributed by atoms with E-state index in [1.807, 2.05) is 51.1 Å². The fourth-order valence-corrected chi connectivity index (χ4v) is 4.14. The van der Waals surface area contributed by atoms with Gasteiger partial charge in [-0.1, -0.05) is 51.3 Å². The third-order valence-electron chi connectivity index (χ3n) is 6.37. The van der Waals surface area contributed by atoms with E-state index in [2.05, 4.69) is 43.6 Å². The molecular formula is C30H28FN7. The Balaban J connectivity index is 1.62. The Bertz CT molecular complexity index is 1780. The van der Waals surface area contributed by atoms with Crippen molar-refractivity contribution in [2.75, 3.05) is 5.32 Å². The van der Waals surface area contributed by atoms with Gasteiger partial charge in [0, 0.05) is 46.6 Å². The number of benzene rings is 1. The predicted molar refractivity (Wildman–Crippen MR) is 152 cm³/mol. The monoisotopic (exact) mass is 505 g/mol. The van der Waals surface area contributed by atoms with E-state index < -0.39 is 5.83 Å². The molecule has 5 aromatic rings. The quantitative estimate of drug-likeness (QED) is 0.268. The molecule has 4 aromatic heterocycles. The molecule has 0 fully saturated rings. The van der Waals surface area contributed by atoms with Crippen LogP contribution in [0.1, 0.15) is 26.3 Å². The van der Waals surface area contributed by atoms with E-state index >= 15 is 4.39 Å². The van der Waals surface area contributed by atoms with Crippen LogP contribution in [-0.2, 0) is 0 Å². The fourth-order valence-electron chi connectivity index (χ4n) is 4.14. The molecule has 7 nitrogen and oxygen atoms in total. The lowest BCUT2D eigenvalue weighted by Gasteiger charge is -2.13. The number of allylic oxidation sites excluding steroid dienone is 2. The van der Waals surface area contributed by atoms with E-state index in [9.17, 15) is 0 Å². The molecule has 0 radical (unpaired) electrons. The summed E-state index contributed by atoms with van der Waals surface area (Å²) in [7, 11) is 0. The second-order valence-electron chi connectivity index (χ2n) is 9.24. The molecular weight excluding hydrogens is 477 g/mol. The number of anilines is 1. The van der Waals surface area contributed by atoms with Crippen molar-refractivity contribution in [2.24, 2.45) is 5.92 Å². The maximum Gasteiger partial charge on any atom is 0.159 e. The highest BCUT2D eigenvalue weighted by molar-refractivity contribution is 5.96. The van der Waals surface area contributed by atoms with Gasteiger partial charge in [0.1, 0.15) is 11.5 Å². The lowest BCUT2D eigenvalue weighted by Crippen LogP contribution is -2.26. The summed E-state index contributed by atoms with van der Waals surface area (Å²) in [5.74, 6) is 0.167. The summed E-state index contributed by atoms with van der Waals surface area (Å²) >= 11 is 0. The van der Waals surface area contributed by atoms with Crippen LogP contribution in [0.15, 0.2) is 80.0 Å². The van der Waals surface area contributed by atoms with Crippen molar-refractivity contribution in [1.82, 2.24) is 30.1 Å². The number of imidazole rings is 1. The van der Waals surface area contributed by atoms with E-state index in [1.165, 1.54) is 0 Å². The van der Waals surface area contributed by atoms with Crippen LogP contribution < -0.4 is 15.9 Å². The number of nitrogens with one attached hydrogen (secondary N) is 3. The first-order chi connectivity index (χ1) is 18.4. The number of aromatic amines is 2. The number of halogens is 1. The van der Waals surface area contributed by atoms with Crippen LogP contribution in [0.25, 0.3) is 51.2 Å². The molecule has 38 heavy (non-hydrogen) atoms. The van der Waals surface area contributed by atoms with Gasteiger partial charge in [-0.25, -0.2) is 9.37 Å². The zero-order valence-corrected chi connectivity index (χ0v) is 21.5. The van der Waals surface area contributed by atoms with E-state index in [-0.39, 0.29) is 16.7 Å². The summed E-state index contributed by atoms with van der Waals surface area (Å²) in [5, 5.41) is 11.4. The lowest BCUT2D eigenvalue weighted by molar-refractivity contribution is 0.764. The molecule has 8 heteroatoms. The number of aromatic nitrogens is 6. The summed E-state index contributed by atoms with van der Waals surface area (Å²) in [6, 6.07) is 11.5. The van der Waals surface area contributed by atoms with E-state index in [0.29, 0.717) is 28.1 Å². The number of rotatable bonds is 7. The first-order valence-electron chi connectivity index (χ1n) is 12.3. The van der Waals surface area contributed by atoms with Crippen molar-refractivity contribution in [3.63, 3.8) is 0 Å². The Kier molecular flexibility index (Phi) is 6.70. The minimum absolute atomic E-state index is 0.189. The summed E-state index contributed by atoms with van der Waals surface area (Å²) in [5.41, 5.74) is 6.07. The second kappa shape index (κ2) is 10.3. The molecule has 5 rings (SSSR count). The minimum atomic E-state index is -0.517. The van der Waals surface area contributed by atoms with E-state index in [1.54, 1.807) is 36.9 Å². The number of H-pyrrole nitrogens is 2. The molecule has 0 aliphatic heterocycles. The Morgan fingerprint density at radius 2 is 1.92 bits per heavy atom. The summed E-state index contributed by atoms with van der Waals surface area (Å²) in [6.45, 7) is 14.0. The maximum atomic E-state index is 16.2. The van der Waals surface area contributed by atoms with Crippen molar-refractivity contribution in [3.05, 3.63) is 96.2 Å². The van der Waals surface area contributed by atoms with Crippen molar-refractivity contribution in [3.8, 4) is 22.6 Å². The van der Waals surface area contributed by atoms with Gasteiger partial charge in [0.2, 0.25) is 0 Å². The van der Waals surface area contributed by atoms with Crippen molar-refractivity contribution in [1.29, 1.82) is 0 Å². The van der Waals surface area contributed by atoms with E-state index in [0.717, 1.165) is 27.9 Å². The number of para-hydroxylation sites is 1. The van der Waals surface area contributed by atoms with Gasteiger partial charge in [0.25, 0.3) is 0 Å². The van der Waals surface area contributed by atoms with Crippen LogP contribution in [0.2, 0.25) is 0 Å². The first-order valence-corrected chi connectivity index (χ1v) is 12.3. The van der Waals surface area contributed by atoms with Gasteiger partial charge in [0.05, 0.1) is 33.5 Å². The topological polar surface area (TPSA) is 95.2 Å². The number of pyridine rings is 2. The molecule has 1 aromatic carbocycles. The molecule has 0 unspecified atom stereocenters. The van der Waals surface area contributed by atoms with Crippen LogP contribution >= 0.6 is 0 Å². The predicted octanol–water partition coefficient (Wildman–Crippen LogP) is 5.58. The fraction of sp³-hybridized carbons (Fsp3) is 0.133. The molecule has 0 spiro atoms. The molecule has 0 aliphatic rings. The zero-order chi connectivity index (χ0) is 26.8. The van der Waals surface area contributed by atoms with Gasteiger partial charge in [-0.05, 0) is 31.0 Å². The van der Waals surface area contributed by atoms with Crippen LogP contribution in [0, 0.1) is 5.92 Å². The van der Waals surface area contributed by atoms with Crippen LogP contribution in [0.4, 0.5) is 10.1 Å². The highest BCUT2D eigenvalue weighted by Crippen LogP contribution is 2.29. The smallest absolute Gasteiger partial charge is 0.159 e. The average Bonchev–Trinajstić information content (AvgIpc) is 3.57. The summed E-state index contributed by atoms with van der Waals surface area (Å²) in [4.78, 5) is 16.6. The molecule has 190 valence electrons. The molecule has 0 saturated heterocycles. The Morgan fingerprint density at radius 1 is 1.08 bits per heavy atom. The Morgan fingerprint density at radius 3 is 2.66 bits per heavy atom. The number of hydrogen-bond donors (Lipinski definition) is 3. The minimum Gasteiger partial charge on any atom is -0.358 e. The normalized spacial score (nSPS) is 12.7. The molecule has 3 N–H and O–H groups in total. The zero-order valence-electron chi connectivity index (χ0n) is 21.5. The summed E-state index contributed by atoms with van der Waals surface area (Å²) < 4.78 is 16.2. The van der Waals surface area contributed by atoms with Crippen LogP contribution in [0.3, 0.4) is 0 Å². The molecule has 4 heterocycles. The molecule has 0 saturated carbocycles. The Hall–Kier alpha value is -4.85. The van der Waals surface area contributed by atoms with Crippen molar-refractivity contribution < 1.29 is 4.39 Å². The van der Waals surface area contributed by atoms with Gasteiger partial charge < -0.3 is 10.3 Å². The van der Waals surface area contributed by atoms with Gasteiger partial charge in [-0.3, -0.25) is 15.1 Å². The molecule has 0 bridgehead atoms. The lowest BCUT2D eigenvalue weighted by atomic mass is 10.1. The molecule has 0 amide bonds. The second-order valence-corrected chi connectivity index (χ2v) is 9.24. The number of fused-ring (bicyclic) bond motifs is 1. The van der Waals surface area contributed by atoms with Gasteiger partial charge in [-0.2, -0.15) is 5.10 Å². The molecule has 0 aliphatic carbocycles. The highest BCUT2D eigenvalue weighted by Gasteiger charge is 2.18. The highest BCUT2D eigenvalue weighted by atomic mass is 19.1. The van der Waals surface area contributed by atoms with Crippen molar-refractivity contribution in [2.45, 2.75) is 20.8 Å². The largest absolute Gasteiger partial charge is 0.358 e. The van der Waals surface area contributed by atoms with Crippen LogP contribution in [0.5, 0.6) is 0 Å². The summed E-state index contributed by atoms with van der Waals surface area (Å²) in [6.07, 6.45) is 8.54. The van der Waals surface area contributed by atoms with E-state index in [4.69, 9.17) is 4.98 Å². The van der Waals surface area contributed by atoms with Gasteiger partial charge in [0.15, 0.2) is 5.82 Å². The SMILES string of the molecule is C=C(/C(F)=c1/c(-c2nc3c(-c4cccnc4)cccc3[nH]2)n[nH]/c1=C/C)c1cncc(NC(=C)C(C)C)c1. The number of nitrogens with zero attached hydrogens (tertiary/aromatic N) is 4. The van der Waals surface area contributed by atoms with Gasteiger partial charge in [-0.15, -0.1) is 0 Å². The third-order valence-corrected chi connectivity index (χ3v) is 6.37. The van der Waals surface area contributed by atoms with Gasteiger partial charge >= 0.3 is 0 Å². The first kappa shape index (κ1) is 24.8. The Labute approximate surface area is 219 Å². The average molecular weight is 506 g/mol. The van der Waals surface area contributed by atoms with Crippen LogP contribution in [-0.4, -0.2) is 30.1 Å². The third kappa shape index (κ3) is 4.64. The standard InChI is InChI=1S/C30H28FN7/c1-6-24-26(27(31)18(4)21-13-22(16-33-15-21)34-19(5)17(2)3)29(38-37-24)30-35-25-11-7-10-23(28(25)36-30)20-9-8-12-32-14-20/h6-17,34,37H,4-5H2,1-3H3,(H,35,36)/b24-6+,27-26-.